The highest BCUT2D eigenvalue weighted by atomic mass is 16.1. The zero-order valence-electron chi connectivity index (χ0n) is 21.3. The Hall–Kier alpha value is -3.07. The van der Waals surface area contributed by atoms with Gasteiger partial charge in [0.15, 0.2) is 5.78 Å². The lowest BCUT2D eigenvalue weighted by Crippen LogP contribution is -2.14. The van der Waals surface area contributed by atoms with Gasteiger partial charge in [0.25, 0.3) is 0 Å². The molecule has 1 saturated carbocycles. The van der Waals surface area contributed by atoms with Crippen molar-refractivity contribution in [2.45, 2.75) is 78.1 Å². The summed E-state index contributed by atoms with van der Waals surface area (Å²) in [5.74, 6) is 1.78. The van der Waals surface area contributed by atoms with Crippen LogP contribution in [0, 0.1) is 19.8 Å². The molecular formula is C32H36N2O. The van der Waals surface area contributed by atoms with Gasteiger partial charge in [-0.25, -0.2) is 0 Å². The maximum absolute atomic E-state index is 12.9. The molecule has 1 aromatic carbocycles. The zero-order chi connectivity index (χ0) is 24.4. The van der Waals surface area contributed by atoms with Crippen molar-refractivity contribution >= 4 is 11.9 Å². The van der Waals surface area contributed by atoms with E-state index in [0.29, 0.717) is 18.8 Å². The van der Waals surface area contributed by atoms with Crippen LogP contribution in [0.1, 0.15) is 102 Å². The van der Waals surface area contributed by atoms with E-state index in [2.05, 4.69) is 49.2 Å². The van der Waals surface area contributed by atoms with E-state index >= 15 is 0 Å². The second kappa shape index (κ2) is 10.3. The minimum atomic E-state index is 0.163. The van der Waals surface area contributed by atoms with Crippen molar-refractivity contribution < 1.29 is 4.79 Å². The van der Waals surface area contributed by atoms with Crippen molar-refractivity contribution in [3.8, 4) is 11.3 Å². The van der Waals surface area contributed by atoms with Crippen LogP contribution in [0.3, 0.4) is 0 Å². The third kappa shape index (κ3) is 5.15. The van der Waals surface area contributed by atoms with E-state index in [4.69, 9.17) is 4.98 Å². The molecule has 2 aliphatic carbocycles. The normalized spacial score (nSPS) is 19.6. The summed E-state index contributed by atoms with van der Waals surface area (Å²) in [7, 11) is 0. The van der Waals surface area contributed by atoms with Gasteiger partial charge in [-0.1, -0.05) is 50.1 Å². The van der Waals surface area contributed by atoms with E-state index in [0.717, 1.165) is 39.7 Å². The smallest absolute Gasteiger partial charge is 0.169 e. The number of Topliss-reactive ketones (excluding diaryl/α,β-unsaturated/α-hetero) is 1. The van der Waals surface area contributed by atoms with Crippen molar-refractivity contribution in [1.29, 1.82) is 0 Å². The van der Waals surface area contributed by atoms with Gasteiger partial charge in [-0.15, -0.1) is 0 Å². The lowest BCUT2D eigenvalue weighted by Gasteiger charge is -2.29. The number of hydrogen-bond acceptors (Lipinski definition) is 3. The molecule has 0 N–H and O–H groups in total. The fraction of sp³-hybridized carbons (Fsp3) is 0.406. The van der Waals surface area contributed by atoms with Gasteiger partial charge >= 0.3 is 0 Å². The quantitative estimate of drug-likeness (QED) is 0.371. The van der Waals surface area contributed by atoms with Gasteiger partial charge in [0.05, 0.1) is 11.4 Å². The highest BCUT2D eigenvalue weighted by molar-refractivity contribution is 6.04. The van der Waals surface area contributed by atoms with E-state index in [1.807, 2.05) is 31.3 Å². The third-order valence-corrected chi connectivity index (χ3v) is 7.90. The van der Waals surface area contributed by atoms with Crippen LogP contribution in [0.4, 0.5) is 0 Å². The molecule has 35 heavy (non-hydrogen) atoms. The maximum Gasteiger partial charge on any atom is 0.169 e. The Labute approximate surface area is 209 Å². The molecule has 180 valence electrons. The molecule has 5 rings (SSSR count). The van der Waals surface area contributed by atoms with Crippen LogP contribution in [0.2, 0.25) is 0 Å². The zero-order valence-corrected chi connectivity index (χ0v) is 21.3. The molecule has 3 nitrogen and oxygen atoms in total. The molecule has 0 spiro atoms. The lowest BCUT2D eigenvalue weighted by molar-refractivity contribution is 0.0993. The number of aryl methyl sites for hydroxylation is 2. The number of carbonyl (C=O) groups excluding carboxylic acids is 1. The second-order valence-corrected chi connectivity index (χ2v) is 10.5. The fourth-order valence-electron chi connectivity index (χ4n) is 6.03. The fourth-order valence-corrected chi connectivity index (χ4v) is 6.03. The number of nitrogens with zero attached hydrogens (tertiary/aromatic N) is 2. The highest BCUT2D eigenvalue weighted by Crippen LogP contribution is 2.39. The number of fused-ring (bicyclic) bond motifs is 1. The summed E-state index contributed by atoms with van der Waals surface area (Å²) >= 11 is 0. The van der Waals surface area contributed by atoms with E-state index in [9.17, 15) is 4.79 Å². The molecular weight excluding hydrogens is 428 g/mol. The number of ketones is 1. The first-order valence-corrected chi connectivity index (χ1v) is 13.3. The van der Waals surface area contributed by atoms with Crippen LogP contribution < -0.4 is 0 Å². The topological polar surface area (TPSA) is 42.9 Å². The standard InChI is InChI=1S/C32H36N2O/c1-4-6-23-10-14-25(15-11-23)28-16-12-24(17-21(28)2)18-30-32-26(7-5-8-31(32)35)19-29(34-30)27-13-9-22(3)33-20-27/h5,7,9,12-13,16-17,19-20,23,25H,4,6,8,10-11,14-15,18H2,1-3H3. The average molecular weight is 465 g/mol. The highest BCUT2D eigenvalue weighted by Gasteiger charge is 2.24. The van der Waals surface area contributed by atoms with Gasteiger partial charge in [-0.05, 0) is 91.8 Å². The molecule has 2 heterocycles. The Morgan fingerprint density at radius 3 is 2.54 bits per heavy atom. The second-order valence-electron chi connectivity index (χ2n) is 10.5. The summed E-state index contributed by atoms with van der Waals surface area (Å²) in [5.41, 5.74) is 9.58. The Morgan fingerprint density at radius 2 is 1.83 bits per heavy atom. The molecule has 0 unspecified atom stereocenters. The predicted molar refractivity (Wildman–Crippen MR) is 144 cm³/mol. The number of benzene rings is 1. The van der Waals surface area contributed by atoms with E-state index in [1.54, 1.807) is 0 Å². The molecule has 0 bridgehead atoms. The minimum Gasteiger partial charge on any atom is -0.294 e. The van der Waals surface area contributed by atoms with Gasteiger partial charge in [0.1, 0.15) is 0 Å². The molecule has 0 aliphatic heterocycles. The van der Waals surface area contributed by atoms with E-state index < -0.39 is 0 Å². The summed E-state index contributed by atoms with van der Waals surface area (Å²) in [4.78, 5) is 22.3. The van der Waals surface area contributed by atoms with E-state index in [1.165, 1.54) is 55.2 Å². The van der Waals surface area contributed by atoms with Crippen molar-refractivity contribution in [2.24, 2.45) is 5.92 Å². The summed E-state index contributed by atoms with van der Waals surface area (Å²) in [5, 5.41) is 0. The number of allylic oxidation sites excluding steroid dienone is 1. The van der Waals surface area contributed by atoms with E-state index in [-0.39, 0.29) is 5.78 Å². The SMILES string of the molecule is CCCC1CCC(c2ccc(Cc3nc(-c4ccc(C)nc4)cc4c3C(=O)CC=C4)cc2C)CC1. The number of rotatable bonds is 6. The average Bonchev–Trinajstić information content (AvgIpc) is 2.85. The van der Waals surface area contributed by atoms with Gasteiger partial charge in [0.2, 0.25) is 0 Å². The number of hydrogen-bond donors (Lipinski definition) is 0. The Morgan fingerprint density at radius 1 is 1.00 bits per heavy atom. The van der Waals surface area contributed by atoms with Crippen LogP contribution in [0.25, 0.3) is 17.3 Å². The summed E-state index contributed by atoms with van der Waals surface area (Å²) in [6.07, 6.45) is 15.1. The van der Waals surface area contributed by atoms with Crippen LogP contribution in [0.5, 0.6) is 0 Å². The predicted octanol–water partition coefficient (Wildman–Crippen LogP) is 8.02. The first-order valence-electron chi connectivity index (χ1n) is 13.3. The molecule has 2 aliphatic rings. The number of pyridine rings is 2. The van der Waals surface area contributed by atoms with Gasteiger partial charge in [0, 0.05) is 35.9 Å². The van der Waals surface area contributed by atoms with Crippen molar-refractivity contribution in [2.75, 3.05) is 0 Å². The maximum atomic E-state index is 12.9. The largest absolute Gasteiger partial charge is 0.294 e. The Balaban J connectivity index is 1.43. The molecule has 3 aromatic rings. The first kappa shape index (κ1) is 23.7. The number of aromatic nitrogens is 2. The van der Waals surface area contributed by atoms with Crippen molar-refractivity contribution in [1.82, 2.24) is 9.97 Å². The van der Waals surface area contributed by atoms with Crippen LogP contribution >= 0.6 is 0 Å². The molecule has 0 atom stereocenters. The number of carbonyl (C=O) groups is 1. The van der Waals surface area contributed by atoms with Crippen LogP contribution in [-0.2, 0) is 6.42 Å². The molecule has 2 aromatic heterocycles. The molecule has 0 radical (unpaired) electrons. The minimum absolute atomic E-state index is 0.163. The van der Waals surface area contributed by atoms with Gasteiger partial charge in [-0.3, -0.25) is 14.8 Å². The van der Waals surface area contributed by atoms with Crippen LogP contribution in [-0.4, -0.2) is 15.8 Å². The summed E-state index contributed by atoms with van der Waals surface area (Å²) in [6, 6.07) is 13.0. The van der Waals surface area contributed by atoms with Crippen molar-refractivity contribution in [3.63, 3.8) is 0 Å². The Kier molecular flexibility index (Phi) is 6.95. The lowest BCUT2D eigenvalue weighted by atomic mass is 9.76. The van der Waals surface area contributed by atoms with Gasteiger partial charge in [-0.2, -0.15) is 0 Å². The summed E-state index contributed by atoms with van der Waals surface area (Å²) in [6.45, 7) is 6.54. The molecule has 0 amide bonds. The molecule has 0 saturated heterocycles. The Bertz CT molecular complexity index is 1250. The van der Waals surface area contributed by atoms with Crippen molar-refractivity contribution in [3.05, 3.63) is 87.9 Å². The molecule has 3 heteroatoms. The first-order chi connectivity index (χ1) is 17.0. The van der Waals surface area contributed by atoms with Crippen LogP contribution in [0.15, 0.2) is 48.7 Å². The van der Waals surface area contributed by atoms with Gasteiger partial charge < -0.3 is 0 Å². The monoisotopic (exact) mass is 464 g/mol. The summed E-state index contributed by atoms with van der Waals surface area (Å²) < 4.78 is 0. The third-order valence-electron chi connectivity index (χ3n) is 7.90. The molecule has 1 fully saturated rings.